The minimum absolute atomic E-state index is 0.227. The summed E-state index contributed by atoms with van der Waals surface area (Å²) in [6, 6.07) is 5.76. The molecule has 0 aliphatic rings. The zero-order valence-electron chi connectivity index (χ0n) is 7.01. The molecule has 3 heteroatoms. The van der Waals surface area contributed by atoms with Gasteiger partial charge in [0.25, 0.3) is 0 Å². The lowest BCUT2D eigenvalue weighted by molar-refractivity contribution is 0.517. The SMILES string of the molecule is Cc1ccc2c(F)c(F)ccc2n1. The Morgan fingerprint density at radius 3 is 2.62 bits per heavy atom. The van der Waals surface area contributed by atoms with Gasteiger partial charge >= 0.3 is 0 Å². The molecule has 0 spiro atoms. The summed E-state index contributed by atoms with van der Waals surface area (Å²) in [5.74, 6) is -1.66. The summed E-state index contributed by atoms with van der Waals surface area (Å²) < 4.78 is 25.9. The van der Waals surface area contributed by atoms with E-state index in [2.05, 4.69) is 4.98 Å². The Bertz CT molecular complexity index is 466. The van der Waals surface area contributed by atoms with Gasteiger partial charge in [-0.3, -0.25) is 4.98 Å². The smallest absolute Gasteiger partial charge is 0.168 e. The fourth-order valence-electron chi connectivity index (χ4n) is 1.24. The Balaban J connectivity index is 2.87. The van der Waals surface area contributed by atoms with Gasteiger partial charge in [-0.05, 0) is 31.2 Å². The van der Waals surface area contributed by atoms with Crippen LogP contribution < -0.4 is 0 Å². The van der Waals surface area contributed by atoms with Gasteiger partial charge in [-0.2, -0.15) is 0 Å². The molecular weight excluding hydrogens is 172 g/mol. The van der Waals surface area contributed by atoms with Crippen LogP contribution in [0.4, 0.5) is 8.78 Å². The van der Waals surface area contributed by atoms with E-state index >= 15 is 0 Å². The van der Waals surface area contributed by atoms with Crippen molar-refractivity contribution in [2.75, 3.05) is 0 Å². The largest absolute Gasteiger partial charge is 0.253 e. The summed E-state index contributed by atoms with van der Waals surface area (Å²) in [6.07, 6.45) is 0. The number of aryl methyl sites for hydroxylation is 1. The van der Waals surface area contributed by atoms with Gasteiger partial charge in [0.1, 0.15) is 0 Å². The normalized spacial score (nSPS) is 10.7. The molecule has 2 aromatic rings. The molecule has 0 radical (unpaired) electrons. The van der Waals surface area contributed by atoms with Crippen molar-refractivity contribution in [2.45, 2.75) is 6.92 Å². The summed E-state index contributed by atoms with van der Waals surface area (Å²) >= 11 is 0. The number of fused-ring (bicyclic) bond motifs is 1. The molecule has 1 aromatic heterocycles. The zero-order chi connectivity index (χ0) is 9.42. The Morgan fingerprint density at radius 2 is 1.85 bits per heavy atom. The minimum Gasteiger partial charge on any atom is -0.253 e. The van der Waals surface area contributed by atoms with Gasteiger partial charge in [0, 0.05) is 11.1 Å². The standard InChI is InChI=1S/C10H7F2N/c1-6-2-3-7-9(13-6)5-4-8(11)10(7)12/h2-5H,1H3. The van der Waals surface area contributed by atoms with Crippen LogP contribution in [0, 0.1) is 18.6 Å². The molecule has 0 amide bonds. The Labute approximate surface area is 74.0 Å². The van der Waals surface area contributed by atoms with Crippen molar-refractivity contribution in [3.05, 3.63) is 41.6 Å². The quantitative estimate of drug-likeness (QED) is 0.606. The molecule has 1 aromatic carbocycles. The van der Waals surface area contributed by atoms with Crippen LogP contribution in [0.5, 0.6) is 0 Å². The van der Waals surface area contributed by atoms with E-state index in [1.54, 1.807) is 13.0 Å². The summed E-state index contributed by atoms with van der Waals surface area (Å²) in [4.78, 5) is 4.07. The van der Waals surface area contributed by atoms with E-state index in [-0.39, 0.29) is 5.39 Å². The molecule has 13 heavy (non-hydrogen) atoms. The molecule has 0 saturated heterocycles. The van der Waals surface area contributed by atoms with Crippen molar-refractivity contribution in [1.82, 2.24) is 4.98 Å². The predicted molar refractivity (Wildman–Crippen MR) is 46.4 cm³/mol. The van der Waals surface area contributed by atoms with Crippen molar-refractivity contribution in [2.24, 2.45) is 0 Å². The zero-order valence-corrected chi connectivity index (χ0v) is 7.01. The van der Waals surface area contributed by atoms with Crippen LogP contribution in [-0.2, 0) is 0 Å². The monoisotopic (exact) mass is 179 g/mol. The minimum atomic E-state index is -0.835. The second-order valence-electron chi connectivity index (χ2n) is 2.88. The summed E-state index contributed by atoms with van der Waals surface area (Å²) in [6.45, 7) is 1.81. The molecule has 0 saturated carbocycles. The number of hydrogen-bond donors (Lipinski definition) is 0. The van der Waals surface area contributed by atoms with Gasteiger partial charge in [0.2, 0.25) is 0 Å². The first-order valence-corrected chi connectivity index (χ1v) is 3.90. The van der Waals surface area contributed by atoms with Gasteiger partial charge < -0.3 is 0 Å². The maximum atomic E-state index is 13.1. The third-order valence-electron chi connectivity index (χ3n) is 1.90. The second-order valence-corrected chi connectivity index (χ2v) is 2.88. The highest BCUT2D eigenvalue weighted by Gasteiger charge is 2.06. The van der Waals surface area contributed by atoms with Crippen LogP contribution in [0.2, 0.25) is 0 Å². The third-order valence-corrected chi connectivity index (χ3v) is 1.90. The van der Waals surface area contributed by atoms with Crippen LogP contribution in [-0.4, -0.2) is 4.98 Å². The fraction of sp³-hybridized carbons (Fsp3) is 0.100. The Morgan fingerprint density at radius 1 is 1.08 bits per heavy atom. The van der Waals surface area contributed by atoms with E-state index in [1.165, 1.54) is 12.1 Å². The molecule has 0 bridgehead atoms. The first-order valence-electron chi connectivity index (χ1n) is 3.90. The topological polar surface area (TPSA) is 12.9 Å². The fourth-order valence-corrected chi connectivity index (χ4v) is 1.24. The van der Waals surface area contributed by atoms with Crippen LogP contribution >= 0.6 is 0 Å². The number of benzene rings is 1. The molecule has 66 valence electrons. The molecule has 0 atom stereocenters. The van der Waals surface area contributed by atoms with Crippen LogP contribution in [0.15, 0.2) is 24.3 Å². The first-order chi connectivity index (χ1) is 6.18. The lowest BCUT2D eigenvalue weighted by atomic mass is 10.2. The molecule has 1 nitrogen and oxygen atoms in total. The van der Waals surface area contributed by atoms with E-state index < -0.39 is 11.6 Å². The molecule has 0 unspecified atom stereocenters. The van der Waals surface area contributed by atoms with E-state index in [0.717, 1.165) is 11.8 Å². The predicted octanol–water partition coefficient (Wildman–Crippen LogP) is 2.82. The third kappa shape index (κ3) is 1.26. The van der Waals surface area contributed by atoms with E-state index in [9.17, 15) is 8.78 Å². The van der Waals surface area contributed by atoms with E-state index in [4.69, 9.17) is 0 Å². The maximum Gasteiger partial charge on any atom is 0.168 e. The van der Waals surface area contributed by atoms with Crippen molar-refractivity contribution < 1.29 is 8.78 Å². The van der Waals surface area contributed by atoms with Gasteiger partial charge in [0.05, 0.1) is 5.52 Å². The average molecular weight is 179 g/mol. The summed E-state index contributed by atoms with van der Waals surface area (Å²) in [5.41, 5.74) is 1.28. The molecule has 0 N–H and O–H groups in total. The Hall–Kier alpha value is -1.51. The number of nitrogens with zero attached hydrogens (tertiary/aromatic N) is 1. The lowest BCUT2D eigenvalue weighted by Gasteiger charge is -2.00. The average Bonchev–Trinajstić information content (AvgIpc) is 2.12. The van der Waals surface area contributed by atoms with Gasteiger partial charge in [0.15, 0.2) is 11.6 Å². The highest BCUT2D eigenvalue weighted by molar-refractivity contribution is 5.79. The highest BCUT2D eigenvalue weighted by atomic mass is 19.2. The molecule has 0 fully saturated rings. The van der Waals surface area contributed by atoms with Crippen molar-refractivity contribution in [1.29, 1.82) is 0 Å². The molecular formula is C10H7F2N. The number of hydrogen-bond acceptors (Lipinski definition) is 1. The number of rotatable bonds is 0. The number of halogens is 2. The van der Waals surface area contributed by atoms with Crippen LogP contribution in [0.3, 0.4) is 0 Å². The maximum absolute atomic E-state index is 13.1. The number of aromatic nitrogens is 1. The van der Waals surface area contributed by atoms with Crippen LogP contribution in [0.1, 0.15) is 5.69 Å². The van der Waals surface area contributed by atoms with Crippen molar-refractivity contribution in [3.8, 4) is 0 Å². The number of pyridine rings is 1. The van der Waals surface area contributed by atoms with E-state index in [1.807, 2.05) is 0 Å². The molecule has 0 aliphatic carbocycles. The van der Waals surface area contributed by atoms with E-state index in [0.29, 0.717) is 5.52 Å². The van der Waals surface area contributed by atoms with Crippen LogP contribution in [0.25, 0.3) is 10.9 Å². The molecule has 1 heterocycles. The first kappa shape index (κ1) is 8.10. The summed E-state index contributed by atoms with van der Waals surface area (Å²) in [5, 5.41) is 0.227. The van der Waals surface area contributed by atoms with Gasteiger partial charge in [-0.25, -0.2) is 8.78 Å². The van der Waals surface area contributed by atoms with Gasteiger partial charge in [-0.15, -0.1) is 0 Å². The summed E-state index contributed by atoms with van der Waals surface area (Å²) in [7, 11) is 0. The Kier molecular flexibility index (Phi) is 1.72. The second kappa shape index (κ2) is 2.76. The highest BCUT2D eigenvalue weighted by Crippen LogP contribution is 2.18. The van der Waals surface area contributed by atoms with Crippen molar-refractivity contribution >= 4 is 10.9 Å². The van der Waals surface area contributed by atoms with Gasteiger partial charge in [-0.1, -0.05) is 0 Å². The van der Waals surface area contributed by atoms with Crippen molar-refractivity contribution in [3.63, 3.8) is 0 Å². The lowest BCUT2D eigenvalue weighted by Crippen LogP contribution is -1.89. The molecule has 2 rings (SSSR count). The molecule has 0 aliphatic heterocycles.